The summed E-state index contributed by atoms with van der Waals surface area (Å²) < 4.78 is 5.45. The Kier molecular flexibility index (Phi) is 6.14. The molecule has 0 aliphatic rings. The van der Waals surface area contributed by atoms with Gasteiger partial charge in [0.15, 0.2) is 5.78 Å². The van der Waals surface area contributed by atoms with Crippen LogP contribution < -0.4 is 4.74 Å². The van der Waals surface area contributed by atoms with Crippen LogP contribution in [0.5, 0.6) is 5.75 Å². The molecule has 25 heavy (non-hydrogen) atoms. The van der Waals surface area contributed by atoms with E-state index in [0.29, 0.717) is 11.3 Å². The van der Waals surface area contributed by atoms with E-state index in [0.717, 1.165) is 11.1 Å². The zero-order chi connectivity index (χ0) is 18.2. The van der Waals surface area contributed by atoms with Crippen LogP contribution in [-0.4, -0.2) is 23.5 Å². The van der Waals surface area contributed by atoms with Crippen LogP contribution in [0.25, 0.3) is 6.08 Å². The largest absolute Gasteiger partial charge is 0.481 e. The number of benzene rings is 2. The molecule has 2 aromatic carbocycles. The number of ether oxygens (including phenoxy) is 1. The molecule has 0 spiro atoms. The van der Waals surface area contributed by atoms with Crippen LogP contribution in [0.15, 0.2) is 48.5 Å². The number of allylic oxidation sites excluding steroid dienone is 1. The van der Waals surface area contributed by atoms with Gasteiger partial charge in [-0.1, -0.05) is 42.3 Å². The van der Waals surface area contributed by atoms with E-state index in [-0.39, 0.29) is 24.4 Å². The van der Waals surface area contributed by atoms with Crippen LogP contribution in [0, 0.1) is 19.3 Å². The van der Waals surface area contributed by atoms with Gasteiger partial charge in [-0.15, -0.1) is 6.42 Å². The summed E-state index contributed by atoms with van der Waals surface area (Å²) in [5, 5.41) is 9.16. The lowest BCUT2D eigenvalue weighted by Crippen LogP contribution is -2.06. The number of aryl methyl sites for hydroxylation is 1. The highest BCUT2D eigenvalue weighted by Crippen LogP contribution is 2.20. The lowest BCUT2D eigenvalue weighted by atomic mass is 10.0. The van der Waals surface area contributed by atoms with Crippen molar-refractivity contribution >= 4 is 17.8 Å². The van der Waals surface area contributed by atoms with Crippen molar-refractivity contribution < 1.29 is 19.4 Å². The first-order valence-electron chi connectivity index (χ1n) is 7.70. The fraction of sp³-hybridized carbons (Fsp3) is 0.143. The Morgan fingerprint density at radius 3 is 2.72 bits per heavy atom. The van der Waals surface area contributed by atoms with Crippen LogP contribution in [0.1, 0.15) is 27.0 Å². The minimum absolute atomic E-state index is 0.0330. The first-order chi connectivity index (χ1) is 12.0. The molecule has 0 saturated carbocycles. The van der Waals surface area contributed by atoms with E-state index in [2.05, 4.69) is 5.92 Å². The summed E-state index contributed by atoms with van der Waals surface area (Å²) >= 11 is 0. The van der Waals surface area contributed by atoms with Gasteiger partial charge >= 0.3 is 5.97 Å². The normalized spacial score (nSPS) is 10.4. The van der Waals surface area contributed by atoms with E-state index in [4.69, 9.17) is 16.3 Å². The van der Waals surface area contributed by atoms with E-state index in [1.54, 1.807) is 24.3 Å². The standard InChI is InChI=1S/C21H18O4/c1-3-12-25-20-13-16(9-8-15(20)2)10-11-18(22)14-17-6-4-5-7-19(17)21(23)24/h1,4-11,13H,12,14H2,2H3,(H,23,24)/b11-10+. The fourth-order valence-electron chi connectivity index (χ4n) is 2.31. The number of rotatable bonds is 7. The number of aromatic carboxylic acids is 1. The van der Waals surface area contributed by atoms with Crippen molar-refractivity contribution in [3.05, 3.63) is 70.8 Å². The van der Waals surface area contributed by atoms with Gasteiger partial charge in [-0.2, -0.15) is 0 Å². The number of carbonyl (C=O) groups excluding carboxylic acids is 1. The Hall–Kier alpha value is -3.32. The smallest absolute Gasteiger partial charge is 0.335 e. The Morgan fingerprint density at radius 2 is 2.00 bits per heavy atom. The third-order valence-corrected chi connectivity index (χ3v) is 3.60. The first-order valence-corrected chi connectivity index (χ1v) is 7.70. The zero-order valence-corrected chi connectivity index (χ0v) is 13.9. The molecule has 2 aromatic rings. The predicted octanol–water partition coefficient (Wildman–Crippen LogP) is 3.53. The average Bonchev–Trinajstić information content (AvgIpc) is 2.60. The maximum Gasteiger partial charge on any atom is 0.335 e. The molecule has 0 atom stereocenters. The van der Waals surface area contributed by atoms with Gasteiger partial charge in [0.1, 0.15) is 12.4 Å². The molecule has 0 fully saturated rings. The van der Waals surface area contributed by atoms with E-state index in [9.17, 15) is 9.59 Å². The van der Waals surface area contributed by atoms with E-state index in [1.165, 1.54) is 12.1 Å². The topological polar surface area (TPSA) is 63.6 Å². The molecule has 126 valence electrons. The Labute approximate surface area is 146 Å². The summed E-state index contributed by atoms with van der Waals surface area (Å²) in [5.74, 6) is 1.86. The zero-order valence-electron chi connectivity index (χ0n) is 13.9. The highest BCUT2D eigenvalue weighted by molar-refractivity contribution is 5.97. The van der Waals surface area contributed by atoms with Crippen LogP contribution >= 0.6 is 0 Å². The summed E-state index contributed by atoms with van der Waals surface area (Å²) in [6.45, 7) is 2.09. The molecular formula is C21H18O4. The second-order valence-corrected chi connectivity index (χ2v) is 5.46. The van der Waals surface area contributed by atoms with Crippen molar-refractivity contribution in [3.8, 4) is 18.1 Å². The summed E-state index contributed by atoms with van der Waals surface area (Å²) in [7, 11) is 0. The highest BCUT2D eigenvalue weighted by atomic mass is 16.5. The third-order valence-electron chi connectivity index (χ3n) is 3.60. The quantitative estimate of drug-likeness (QED) is 0.621. The Bertz CT molecular complexity index is 856. The van der Waals surface area contributed by atoms with Crippen molar-refractivity contribution in [2.24, 2.45) is 0 Å². The molecule has 0 radical (unpaired) electrons. The van der Waals surface area contributed by atoms with Gasteiger partial charge < -0.3 is 9.84 Å². The summed E-state index contributed by atoms with van der Waals surface area (Å²) in [5.41, 5.74) is 2.39. The predicted molar refractivity (Wildman–Crippen MR) is 96.7 cm³/mol. The molecule has 0 aliphatic carbocycles. The maximum atomic E-state index is 12.1. The number of carboxylic acids is 1. The van der Waals surface area contributed by atoms with Gasteiger partial charge in [0, 0.05) is 6.42 Å². The highest BCUT2D eigenvalue weighted by Gasteiger charge is 2.11. The minimum Gasteiger partial charge on any atom is -0.481 e. The van der Waals surface area contributed by atoms with Gasteiger partial charge in [0.05, 0.1) is 5.56 Å². The molecular weight excluding hydrogens is 316 g/mol. The van der Waals surface area contributed by atoms with Crippen molar-refractivity contribution in [2.75, 3.05) is 6.61 Å². The molecule has 4 heteroatoms. The average molecular weight is 334 g/mol. The second kappa shape index (κ2) is 8.51. The van der Waals surface area contributed by atoms with Crippen LogP contribution in [0.4, 0.5) is 0 Å². The van der Waals surface area contributed by atoms with Gasteiger partial charge in [0.2, 0.25) is 0 Å². The number of hydrogen-bond donors (Lipinski definition) is 1. The van der Waals surface area contributed by atoms with Crippen LogP contribution in [-0.2, 0) is 11.2 Å². The molecule has 0 heterocycles. The van der Waals surface area contributed by atoms with Gasteiger partial charge in [-0.25, -0.2) is 4.79 Å². The number of carboxylic acid groups (broad SMARTS) is 1. The SMILES string of the molecule is C#CCOc1cc(/C=C/C(=O)Cc2ccccc2C(=O)O)ccc1C. The van der Waals surface area contributed by atoms with Gasteiger partial charge in [-0.3, -0.25) is 4.79 Å². The lowest BCUT2D eigenvalue weighted by Gasteiger charge is -2.07. The van der Waals surface area contributed by atoms with E-state index in [1.807, 2.05) is 25.1 Å². The van der Waals surface area contributed by atoms with Crippen LogP contribution in [0.3, 0.4) is 0 Å². The van der Waals surface area contributed by atoms with Crippen molar-refractivity contribution in [1.82, 2.24) is 0 Å². The second-order valence-electron chi connectivity index (χ2n) is 5.46. The molecule has 0 amide bonds. The van der Waals surface area contributed by atoms with Crippen LogP contribution in [0.2, 0.25) is 0 Å². The molecule has 0 unspecified atom stereocenters. The molecule has 1 N–H and O–H groups in total. The summed E-state index contributed by atoms with van der Waals surface area (Å²) in [6.07, 6.45) is 8.34. The van der Waals surface area contributed by atoms with Crippen molar-refractivity contribution in [3.63, 3.8) is 0 Å². The fourth-order valence-corrected chi connectivity index (χ4v) is 2.31. The molecule has 4 nitrogen and oxygen atoms in total. The maximum absolute atomic E-state index is 12.1. The molecule has 2 rings (SSSR count). The third kappa shape index (κ3) is 5.08. The van der Waals surface area contributed by atoms with Crippen molar-refractivity contribution in [1.29, 1.82) is 0 Å². The van der Waals surface area contributed by atoms with E-state index >= 15 is 0 Å². The molecule has 0 aliphatic heterocycles. The van der Waals surface area contributed by atoms with E-state index < -0.39 is 5.97 Å². The van der Waals surface area contributed by atoms with Gasteiger partial charge in [-0.05, 0) is 41.8 Å². The summed E-state index contributed by atoms with van der Waals surface area (Å²) in [6, 6.07) is 12.0. The summed E-state index contributed by atoms with van der Waals surface area (Å²) in [4.78, 5) is 23.3. The van der Waals surface area contributed by atoms with Gasteiger partial charge in [0.25, 0.3) is 0 Å². The molecule has 0 bridgehead atoms. The Morgan fingerprint density at radius 1 is 1.24 bits per heavy atom. The number of terminal acetylenes is 1. The number of hydrogen-bond acceptors (Lipinski definition) is 3. The lowest BCUT2D eigenvalue weighted by molar-refractivity contribution is -0.113. The van der Waals surface area contributed by atoms with Crippen molar-refractivity contribution in [2.45, 2.75) is 13.3 Å². The first kappa shape index (κ1) is 18.0. The minimum atomic E-state index is -1.04. The Balaban J connectivity index is 2.11. The number of ketones is 1. The monoisotopic (exact) mass is 334 g/mol. The number of carbonyl (C=O) groups is 2. The molecule has 0 aromatic heterocycles. The molecule has 0 saturated heterocycles.